The molecule has 2 heterocycles. The van der Waals surface area contributed by atoms with Crippen LogP contribution in [0.15, 0.2) is 29.8 Å². The summed E-state index contributed by atoms with van der Waals surface area (Å²) in [5.41, 5.74) is 3.52. The highest BCUT2D eigenvalue weighted by atomic mass is 32.1. The summed E-state index contributed by atoms with van der Waals surface area (Å²) in [7, 11) is 0. The first-order valence-corrected chi connectivity index (χ1v) is 19.3. The minimum Gasteiger partial charge on any atom is -0.444 e. The molecule has 4 amide bonds. The lowest BCUT2D eigenvalue weighted by Crippen LogP contribution is -2.57. The lowest BCUT2D eigenvalue weighted by molar-refractivity contribution is -0.144. The molecular weight excluding hydrogens is 719 g/mol. The summed E-state index contributed by atoms with van der Waals surface area (Å²) in [5, 5.41) is 18.8. The van der Waals surface area contributed by atoms with Crippen molar-refractivity contribution in [2.45, 2.75) is 91.6 Å². The number of benzene rings is 1. The highest BCUT2D eigenvalue weighted by Crippen LogP contribution is 2.28. The molecule has 15 nitrogen and oxygen atoms in total. The van der Waals surface area contributed by atoms with Gasteiger partial charge < -0.3 is 49.6 Å². The van der Waals surface area contributed by atoms with Crippen molar-refractivity contribution in [1.82, 2.24) is 25.8 Å². The van der Waals surface area contributed by atoms with Gasteiger partial charge in [0.25, 0.3) is 0 Å². The Bertz CT molecular complexity index is 1470. The van der Waals surface area contributed by atoms with E-state index in [0.29, 0.717) is 46.2 Å². The van der Waals surface area contributed by atoms with Crippen LogP contribution in [0.2, 0.25) is 0 Å². The molecule has 0 spiro atoms. The second-order valence-corrected chi connectivity index (χ2v) is 15.9. The smallest absolute Gasteiger partial charge is 0.407 e. The molecule has 3 rings (SSSR count). The van der Waals surface area contributed by atoms with Crippen molar-refractivity contribution in [3.63, 3.8) is 0 Å². The zero-order valence-corrected chi connectivity index (χ0v) is 33.6. The van der Waals surface area contributed by atoms with Gasteiger partial charge in [0.2, 0.25) is 17.7 Å². The molecule has 0 radical (unpaired) electrons. The van der Waals surface area contributed by atoms with Gasteiger partial charge in [-0.25, -0.2) is 9.78 Å². The molecule has 4 N–H and O–H groups in total. The third-order valence-corrected chi connectivity index (χ3v) is 9.19. The molecule has 2 aromatic rings. The summed E-state index contributed by atoms with van der Waals surface area (Å²) in [6, 6.07) is 6.08. The highest BCUT2D eigenvalue weighted by molar-refractivity contribution is 7.13. The van der Waals surface area contributed by atoms with Crippen molar-refractivity contribution in [1.29, 1.82) is 0 Å². The number of alkyl carbamates (subject to hydrolysis) is 1. The first kappa shape index (κ1) is 44.7. The molecule has 0 aliphatic carbocycles. The van der Waals surface area contributed by atoms with Crippen LogP contribution in [0, 0.1) is 12.3 Å². The molecule has 0 bridgehead atoms. The summed E-state index contributed by atoms with van der Waals surface area (Å²) in [4.78, 5) is 58.4. The number of carbonyl (C=O) groups is 4. The zero-order chi connectivity index (χ0) is 39.7. The van der Waals surface area contributed by atoms with Gasteiger partial charge in [-0.1, -0.05) is 45.0 Å². The zero-order valence-electron chi connectivity index (χ0n) is 32.7. The molecular formula is C38H59N5O10S. The molecule has 302 valence electrons. The molecule has 54 heavy (non-hydrogen) atoms. The number of aliphatic hydroxyl groups excluding tert-OH is 1. The highest BCUT2D eigenvalue weighted by Gasteiger charge is 2.44. The first-order valence-electron chi connectivity index (χ1n) is 18.4. The SMILES string of the molecule is Cc1ncsc1-c1ccc(CNC(=O)C2CC(O)CN2C(=O)C(NC(=O)CCOCCOCCOCCOCCNC(=O)OC(C)(C)C)C(C)(C)C)cc1. The maximum atomic E-state index is 13.8. The number of amides is 4. The fourth-order valence-electron chi connectivity index (χ4n) is 5.48. The quantitative estimate of drug-likeness (QED) is 0.137. The topological polar surface area (TPSA) is 187 Å². The van der Waals surface area contributed by atoms with Crippen molar-refractivity contribution in [3.8, 4) is 10.4 Å². The molecule has 1 fully saturated rings. The Morgan fingerprint density at radius 3 is 2.04 bits per heavy atom. The van der Waals surface area contributed by atoms with E-state index >= 15 is 0 Å². The number of ether oxygens (including phenoxy) is 5. The molecule has 1 aliphatic rings. The van der Waals surface area contributed by atoms with Gasteiger partial charge in [-0.2, -0.15) is 0 Å². The van der Waals surface area contributed by atoms with Crippen LogP contribution in [0.5, 0.6) is 0 Å². The number of β-amino-alcohol motifs (C(OH)–C–C–N with tert-alkyl or cyclic N) is 1. The molecule has 1 aliphatic heterocycles. The number of hydrogen-bond acceptors (Lipinski definition) is 12. The minimum atomic E-state index is -0.920. The maximum absolute atomic E-state index is 13.8. The van der Waals surface area contributed by atoms with Crippen LogP contribution < -0.4 is 16.0 Å². The van der Waals surface area contributed by atoms with Crippen molar-refractivity contribution in [2.24, 2.45) is 5.41 Å². The predicted octanol–water partition coefficient (Wildman–Crippen LogP) is 3.21. The van der Waals surface area contributed by atoms with Crippen LogP contribution >= 0.6 is 11.3 Å². The predicted molar refractivity (Wildman–Crippen MR) is 204 cm³/mol. The fraction of sp³-hybridized carbons (Fsp3) is 0.658. The van der Waals surface area contributed by atoms with Gasteiger partial charge in [0.1, 0.15) is 17.7 Å². The molecule has 3 atom stereocenters. The lowest BCUT2D eigenvalue weighted by atomic mass is 9.85. The number of nitrogens with one attached hydrogen (secondary N) is 3. The van der Waals surface area contributed by atoms with Gasteiger partial charge in [0.05, 0.1) is 75.0 Å². The summed E-state index contributed by atoms with van der Waals surface area (Å²) in [6.07, 6.45) is -1.20. The van der Waals surface area contributed by atoms with Crippen LogP contribution in [0.3, 0.4) is 0 Å². The monoisotopic (exact) mass is 777 g/mol. The van der Waals surface area contributed by atoms with Gasteiger partial charge in [0, 0.05) is 32.5 Å². The van der Waals surface area contributed by atoms with Crippen LogP contribution in [-0.2, 0) is 44.6 Å². The second-order valence-electron chi connectivity index (χ2n) is 15.1. The summed E-state index contributed by atoms with van der Waals surface area (Å²) >= 11 is 1.57. The molecule has 0 saturated carbocycles. The van der Waals surface area contributed by atoms with Crippen molar-refractivity contribution in [2.75, 3.05) is 65.9 Å². The molecule has 3 unspecified atom stereocenters. The van der Waals surface area contributed by atoms with Gasteiger partial charge >= 0.3 is 6.09 Å². The van der Waals surface area contributed by atoms with Gasteiger partial charge in [0.15, 0.2) is 0 Å². The Morgan fingerprint density at radius 1 is 0.889 bits per heavy atom. The van der Waals surface area contributed by atoms with E-state index < -0.39 is 41.2 Å². The van der Waals surface area contributed by atoms with Gasteiger partial charge in [-0.05, 0) is 44.2 Å². The standard InChI is InChI=1S/C38H59N5O10S/c1-26-32(54-25-41-26)28-10-8-27(9-11-28)23-40-34(46)30-22-29(44)24-43(30)35(47)33(37(2,3)4)42-31(45)12-14-49-16-18-51-20-21-52-19-17-50-15-13-39-36(48)53-38(5,6)7/h8-11,25,29-30,33,44H,12-24H2,1-7H3,(H,39,48)(H,40,46)(H,42,45). The molecule has 1 saturated heterocycles. The van der Waals surface area contributed by atoms with E-state index in [1.807, 2.05) is 57.5 Å². The van der Waals surface area contributed by atoms with Gasteiger partial charge in [-0.15, -0.1) is 11.3 Å². The van der Waals surface area contributed by atoms with E-state index in [1.54, 1.807) is 32.1 Å². The van der Waals surface area contributed by atoms with E-state index in [4.69, 9.17) is 23.7 Å². The largest absolute Gasteiger partial charge is 0.444 e. The first-order chi connectivity index (χ1) is 25.5. The van der Waals surface area contributed by atoms with Crippen LogP contribution in [0.1, 0.15) is 65.6 Å². The number of hydrogen-bond donors (Lipinski definition) is 4. The third-order valence-electron chi connectivity index (χ3n) is 8.22. The number of rotatable bonds is 21. The van der Waals surface area contributed by atoms with Gasteiger partial charge in [-0.3, -0.25) is 14.4 Å². The normalized spacial score (nSPS) is 16.6. The van der Waals surface area contributed by atoms with E-state index in [2.05, 4.69) is 20.9 Å². The van der Waals surface area contributed by atoms with Crippen LogP contribution in [0.4, 0.5) is 4.79 Å². The average Bonchev–Trinajstić information content (AvgIpc) is 3.71. The Morgan fingerprint density at radius 2 is 1.48 bits per heavy atom. The molecule has 1 aromatic heterocycles. The van der Waals surface area contributed by atoms with E-state index in [-0.39, 0.29) is 51.0 Å². The number of nitrogens with zero attached hydrogens (tertiary/aromatic N) is 2. The summed E-state index contributed by atoms with van der Waals surface area (Å²) < 4.78 is 27.0. The average molecular weight is 778 g/mol. The number of aromatic nitrogens is 1. The minimum absolute atomic E-state index is 0.000703. The van der Waals surface area contributed by atoms with E-state index in [1.165, 1.54) is 4.90 Å². The van der Waals surface area contributed by atoms with Crippen LogP contribution in [-0.4, -0.2) is 129 Å². The number of aliphatic hydroxyl groups is 1. The van der Waals surface area contributed by atoms with Crippen molar-refractivity contribution in [3.05, 3.63) is 41.0 Å². The molecule has 1 aromatic carbocycles. The Balaban J connectivity index is 1.30. The number of thiazole rings is 1. The van der Waals surface area contributed by atoms with E-state index in [9.17, 15) is 24.3 Å². The Labute approximate surface area is 322 Å². The Hall–Kier alpha value is -3.67. The lowest BCUT2D eigenvalue weighted by Gasteiger charge is -2.35. The second kappa shape index (κ2) is 22.0. The van der Waals surface area contributed by atoms with Crippen LogP contribution in [0.25, 0.3) is 10.4 Å². The van der Waals surface area contributed by atoms with E-state index in [0.717, 1.165) is 21.7 Å². The Kier molecular flexibility index (Phi) is 18.2. The maximum Gasteiger partial charge on any atom is 0.407 e. The third kappa shape index (κ3) is 16.0. The fourth-order valence-corrected chi connectivity index (χ4v) is 6.29. The molecule has 16 heteroatoms. The summed E-state index contributed by atoms with van der Waals surface area (Å²) in [5.74, 6) is -1.15. The summed E-state index contributed by atoms with van der Waals surface area (Å²) in [6.45, 7) is 16.1. The number of likely N-dealkylation sites (tertiary alicyclic amines) is 1. The number of carbonyl (C=O) groups excluding carboxylic acids is 4. The van der Waals surface area contributed by atoms with Crippen molar-refractivity contribution >= 4 is 35.2 Å². The van der Waals surface area contributed by atoms with Crippen molar-refractivity contribution < 1.29 is 48.0 Å². The number of aryl methyl sites for hydroxylation is 1.